The van der Waals surface area contributed by atoms with Gasteiger partial charge in [-0.05, 0) is 45.4 Å². The predicted octanol–water partition coefficient (Wildman–Crippen LogP) is 1.68. The van der Waals surface area contributed by atoms with Crippen LogP contribution in [-0.2, 0) is 9.31 Å². The molecule has 0 aromatic carbocycles. The molecule has 0 unspecified atom stereocenters. The van der Waals surface area contributed by atoms with Crippen LogP contribution >= 0.6 is 11.6 Å². The minimum atomic E-state index is -0.405. The molecule has 0 aliphatic carbocycles. The van der Waals surface area contributed by atoms with Crippen molar-refractivity contribution >= 4 is 29.8 Å². The van der Waals surface area contributed by atoms with E-state index in [9.17, 15) is 0 Å². The highest BCUT2D eigenvalue weighted by Crippen LogP contribution is 2.36. The van der Waals surface area contributed by atoms with Crippen LogP contribution in [0.1, 0.15) is 27.7 Å². The van der Waals surface area contributed by atoms with Crippen molar-refractivity contribution in [2.24, 2.45) is 0 Å². The molecule has 0 N–H and O–H groups in total. The fraction of sp³-hybridized carbons (Fsp3) is 0.500. The maximum Gasteiger partial charge on any atom is 0.496 e. The largest absolute Gasteiger partial charge is 0.496 e. The maximum atomic E-state index is 5.99. The molecule has 7 heteroatoms. The van der Waals surface area contributed by atoms with E-state index in [1.807, 2.05) is 46.0 Å². The average Bonchev–Trinajstić information content (AvgIpc) is 2.74. The Balaban J connectivity index is 1.97. The molecule has 1 aliphatic heterocycles. The van der Waals surface area contributed by atoms with E-state index in [0.717, 1.165) is 5.46 Å². The quantitative estimate of drug-likeness (QED) is 0.745. The van der Waals surface area contributed by atoms with E-state index in [1.165, 1.54) is 0 Å². The summed E-state index contributed by atoms with van der Waals surface area (Å²) in [6.45, 7) is 8.10. The standard InChI is InChI=1S/C12H15BClN3O2/c1-11(2)12(3,4)19-13(18-11)8-5-6-9-15-10(14)16-17(9)7-8/h5-7H,1-4H3. The van der Waals surface area contributed by atoms with Gasteiger partial charge in [0.25, 0.3) is 0 Å². The van der Waals surface area contributed by atoms with Gasteiger partial charge in [0.15, 0.2) is 5.65 Å². The molecule has 0 amide bonds. The summed E-state index contributed by atoms with van der Waals surface area (Å²) in [6.07, 6.45) is 1.83. The summed E-state index contributed by atoms with van der Waals surface area (Å²) in [7, 11) is -0.405. The highest BCUT2D eigenvalue weighted by atomic mass is 35.5. The first-order chi connectivity index (χ1) is 8.78. The van der Waals surface area contributed by atoms with Gasteiger partial charge in [0.1, 0.15) is 0 Å². The molecular formula is C12H15BClN3O2. The third-order valence-corrected chi connectivity index (χ3v) is 4.01. The van der Waals surface area contributed by atoms with Crippen LogP contribution in [0.25, 0.3) is 5.65 Å². The first-order valence-corrected chi connectivity index (χ1v) is 6.54. The van der Waals surface area contributed by atoms with Crippen LogP contribution in [-0.4, -0.2) is 32.9 Å². The van der Waals surface area contributed by atoms with Crippen LogP contribution in [0.5, 0.6) is 0 Å². The number of halogens is 1. The Hall–Kier alpha value is -1.11. The fourth-order valence-corrected chi connectivity index (χ4v) is 2.16. The third-order valence-electron chi connectivity index (χ3n) is 3.85. The Morgan fingerprint density at radius 2 is 1.79 bits per heavy atom. The average molecular weight is 280 g/mol. The van der Waals surface area contributed by atoms with Gasteiger partial charge in [-0.15, -0.1) is 5.10 Å². The van der Waals surface area contributed by atoms with Gasteiger partial charge in [0.2, 0.25) is 5.28 Å². The van der Waals surface area contributed by atoms with Gasteiger partial charge in [-0.2, -0.15) is 4.98 Å². The van der Waals surface area contributed by atoms with Crippen LogP contribution in [0, 0.1) is 0 Å². The van der Waals surface area contributed by atoms with Gasteiger partial charge in [0, 0.05) is 11.7 Å². The van der Waals surface area contributed by atoms with E-state index in [0.29, 0.717) is 5.65 Å². The molecule has 100 valence electrons. The maximum absolute atomic E-state index is 5.99. The van der Waals surface area contributed by atoms with Crippen LogP contribution < -0.4 is 5.46 Å². The van der Waals surface area contributed by atoms with E-state index < -0.39 is 7.12 Å². The first-order valence-electron chi connectivity index (χ1n) is 6.16. The molecule has 3 heterocycles. The number of pyridine rings is 1. The number of aromatic nitrogens is 3. The minimum Gasteiger partial charge on any atom is -0.399 e. The molecule has 0 radical (unpaired) electrons. The second kappa shape index (κ2) is 3.94. The molecule has 0 spiro atoms. The van der Waals surface area contributed by atoms with Crippen LogP contribution in [0.4, 0.5) is 0 Å². The van der Waals surface area contributed by atoms with Gasteiger partial charge in [-0.3, -0.25) is 0 Å². The number of hydrogen-bond donors (Lipinski definition) is 0. The molecule has 0 atom stereocenters. The third kappa shape index (κ3) is 2.04. The van der Waals surface area contributed by atoms with Crippen molar-refractivity contribution in [3.05, 3.63) is 23.6 Å². The van der Waals surface area contributed by atoms with Crippen molar-refractivity contribution in [3.63, 3.8) is 0 Å². The van der Waals surface area contributed by atoms with Crippen molar-refractivity contribution in [2.45, 2.75) is 38.9 Å². The Bertz CT molecular complexity index is 625. The number of fused-ring (bicyclic) bond motifs is 1. The minimum absolute atomic E-state index is 0.228. The highest BCUT2D eigenvalue weighted by molar-refractivity contribution is 6.62. The Labute approximate surface area is 117 Å². The molecule has 1 fully saturated rings. The summed E-state index contributed by atoms with van der Waals surface area (Å²) in [6, 6.07) is 3.77. The molecule has 2 aromatic heterocycles. The van der Waals surface area contributed by atoms with Crippen LogP contribution in [0.15, 0.2) is 18.3 Å². The van der Waals surface area contributed by atoms with Crippen molar-refractivity contribution < 1.29 is 9.31 Å². The summed E-state index contributed by atoms with van der Waals surface area (Å²) < 4.78 is 13.6. The van der Waals surface area contributed by atoms with E-state index in [-0.39, 0.29) is 16.5 Å². The summed E-state index contributed by atoms with van der Waals surface area (Å²) in [5.74, 6) is 0. The topological polar surface area (TPSA) is 48.7 Å². The summed E-state index contributed by atoms with van der Waals surface area (Å²) >= 11 is 5.78. The second-order valence-corrected chi connectivity index (χ2v) is 6.07. The molecule has 5 nitrogen and oxygen atoms in total. The molecule has 0 bridgehead atoms. The fourth-order valence-electron chi connectivity index (χ4n) is 1.99. The van der Waals surface area contributed by atoms with E-state index in [4.69, 9.17) is 20.9 Å². The lowest BCUT2D eigenvalue weighted by Crippen LogP contribution is -2.41. The van der Waals surface area contributed by atoms with Crippen molar-refractivity contribution in [3.8, 4) is 0 Å². The van der Waals surface area contributed by atoms with E-state index in [2.05, 4.69) is 10.1 Å². The van der Waals surface area contributed by atoms with Crippen molar-refractivity contribution in [1.82, 2.24) is 14.6 Å². The molecule has 0 saturated carbocycles. The van der Waals surface area contributed by atoms with Gasteiger partial charge in [-0.25, -0.2) is 4.52 Å². The Morgan fingerprint density at radius 3 is 2.42 bits per heavy atom. The van der Waals surface area contributed by atoms with Crippen molar-refractivity contribution in [2.75, 3.05) is 0 Å². The van der Waals surface area contributed by atoms with Gasteiger partial charge in [0.05, 0.1) is 11.2 Å². The van der Waals surface area contributed by atoms with Gasteiger partial charge >= 0.3 is 7.12 Å². The van der Waals surface area contributed by atoms with Crippen molar-refractivity contribution in [1.29, 1.82) is 0 Å². The summed E-state index contributed by atoms with van der Waals surface area (Å²) in [4.78, 5) is 4.07. The monoisotopic (exact) mass is 279 g/mol. The van der Waals surface area contributed by atoms with Crippen LogP contribution in [0.2, 0.25) is 5.28 Å². The smallest absolute Gasteiger partial charge is 0.399 e. The SMILES string of the molecule is CC1(C)OB(c2ccc3nc(Cl)nn3c2)OC1(C)C. The summed E-state index contributed by atoms with van der Waals surface area (Å²) in [5.41, 5.74) is 0.886. The lowest BCUT2D eigenvalue weighted by molar-refractivity contribution is 0.00578. The number of nitrogens with zero attached hydrogens (tertiary/aromatic N) is 3. The zero-order chi connectivity index (χ0) is 13.8. The summed E-state index contributed by atoms with van der Waals surface area (Å²) in [5, 5.41) is 4.31. The number of hydrogen-bond acceptors (Lipinski definition) is 4. The lowest BCUT2D eigenvalue weighted by atomic mass is 9.80. The van der Waals surface area contributed by atoms with Crippen LogP contribution in [0.3, 0.4) is 0 Å². The lowest BCUT2D eigenvalue weighted by Gasteiger charge is -2.32. The molecular weight excluding hydrogens is 264 g/mol. The second-order valence-electron chi connectivity index (χ2n) is 5.73. The number of rotatable bonds is 1. The molecule has 2 aromatic rings. The van der Waals surface area contributed by atoms with Gasteiger partial charge < -0.3 is 9.31 Å². The van der Waals surface area contributed by atoms with E-state index in [1.54, 1.807) is 4.52 Å². The molecule has 1 saturated heterocycles. The molecule has 3 rings (SSSR count). The molecule has 1 aliphatic rings. The Kier molecular flexibility index (Phi) is 2.68. The highest BCUT2D eigenvalue weighted by Gasteiger charge is 2.51. The zero-order valence-electron chi connectivity index (χ0n) is 11.3. The van der Waals surface area contributed by atoms with E-state index >= 15 is 0 Å². The Morgan fingerprint density at radius 1 is 1.16 bits per heavy atom. The molecule has 19 heavy (non-hydrogen) atoms. The zero-order valence-corrected chi connectivity index (χ0v) is 12.1. The normalized spacial score (nSPS) is 21.2. The van der Waals surface area contributed by atoms with Gasteiger partial charge in [-0.1, -0.05) is 6.07 Å². The predicted molar refractivity (Wildman–Crippen MR) is 73.7 cm³/mol. The first kappa shape index (κ1) is 12.9.